The maximum atomic E-state index is 14.0. The van der Waals surface area contributed by atoms with Crippen LogP contribution in [0.5, 0.6) is 0 Å². The molecular weight excluding hydrogens is 444 g/mol. The normalized spacial score (nSPS) is 14.6. The van der Waals surface area contributed by atoms with Gasteiger partial charge in [-0.3, -0.25) is 4.79 Å². The molecule has 0 atom stereocenters. The lowest BCUT2D eigenvalue weighted by Crippen LogP contribution is -2.39. The van der Waals surface area contributed by atoms with Crippen molar-refractivity contribution >= 4 is 12.0 Å². The number of rotatable bonds is 6. The van der Waals surface area contributed by atoms with Crippen LogP contribution < -0.4 is 0 Å². The van der Waals surface area contributed by atoms with Gasteiger partial charge in [-0.1, -0.05) is 47.5 Å². The van der Waals surface area contributed by atoms with Gasteiger partial charge in [0, 0.05) is 36.3 Å². The molecule has 1 aromatic heterocycles. The average molecular weight is 476 g/mol. The van der Waals surface area contributed by atoms with Gasteiger partial charge < -0.3 is 4.90 Å². The molecule has 1 fully saturated rings. The molecule has 2 heterocycles. The molecule has 35 heavy (non-hydrogen) atoms. The fourth-order valence-corrected chi connectivity index (χ4v) is 4.83. The van der Waals surface area contributed by atoms with E-state index < -0.39 is 11.6 Å². The average Bonchev–Trinajstić information content (AvgIpc) is 2.82. The summed E-state index contributed by atoms with van der Waals surface area (Å²) >= 11 is 0. The third kappa shape index (κ3) is 6.18. The Bertz CT molecular complexity index is 1210. The summed E-state index contributed by atoms with van der Waals surface area (Å²) in [6.45, 7) is 7.17. The Balaban J connectivity index is 1.42. The SMILES string of the molecule is Cc1cc(C)cc(C/C=C/c2cnc(C)nc2C2CCN(C(=O)Cc3c(F)cccc3F)CC2)c1. The van der Waals surface area contributed by atoms with Crippen molar-refractivity contribution in [2.75, 3.05) is 13.1 Å². The first kappa shape index (κ1) is 24.7. The van der Waals surface area contributed by atoms with Crippen LogP contribution in [0.2, 0.25) is 0 Å². The van der Waals surface area contributed by atoms with Crippen molar-refractivity contribution in [3.05, 3.63) is 99.6 Å². The van der Waals surface area contributed by atoms with Crippen LogP contribution in [0.3, 0.4) is 0 Å². The molecule has 2 aromatic carbocycles. The lowest BCUT2D eigenvalue weighted by Gasteiger charge is -2.32. The zero-order valence-corrected chi connectivity index (χ0v) is 20.5. The van der Waals surface area contributed by atoms with Gasteiger partial charge in [-0.2, -0.15) is 0 Å². The number of allylic oxidation sites excluding steroid dienone is 1. The second kappa shape index (κ2) is 10.9. The molecule has 4 rings (SSSR count). The van der Waals surface area contributed by atoms with E-state index in [-0.39, 0.29) is 23.8 Å². The molecule has 0 saturated carbocycles. The Hall–Kier alpha value is -3.41. The predicted octanol–water partition coefficient (Wildman–Crippen LogP) is 5.88. The van der Waals surface area contributed by atoms with Crippen molar-refractivity contribution in [2.24, 2.45) is 0 Å². The molecule has 3 aromatic rings. The van der Waals surface area contributed by atoms with Crippen LogP contribution in [0.1, 0.15) is 58.1 Å². The maximum Gasteiger partial charge on any atom is 0.227 e. The maximum absolute atomic E-state index is 14.0. The summed E-state index contributed by atoms with van der Waals surface area (Å²) in [7, 11) is 0. The molecule has 0 N–H and O–H groups in total. The molecule has 0 radical (unpaired) electrons. The zero-order chi connectivity index (χ0) is 24.9. The highest BCUT2D eigenvalue weighted by atomic mass is 19.1. The van der Waals surface area contributed by atoms with E-state index in [0.29, 0.717) is 13.1 Å². The molecule has 1 aliphatic rings. The van der Waals surface area contributed by atoms with E-state index >= 15 is 0 Å². The molecule has 1 amide bonds. The van der Waals surface area contributed by atoms with Gasteiger partial charge in [-0.15, -0.1) is 0 Å². The van der Waals surface area contributed by atoms with Crippen molar-refractivity contribution in [1.82, 2.24) is 14.9 Å². The lowest BCUT2D eigenvalue weighted by atomic mass is 9.90. The summed E-state index contributed by atoms with van der Waals surface area (Å²) in [6, 6.07) is 10.2. The van der Waals surface area contributed by atoms with Crippen molar-refractivity contribution in [3.63, 3.8) is 0 Å². The second-order valence-electron chi connectivity index (χ2n) is 9.39. The number of halogens is 2. The van der Waals surface area contributed by atoms with E-state index in [9.17, 15) is 13.6 Å². The minimum Gasteiger partial charge on any atom is -0.342 e. The standard InChI is InChI=1S/C29H31F2N3O/c1-19-14-20(2)16-22(15-19)6-4-7-24-18-32-21(3)33-29(24)23-10-12-34(13-11-23)28(35)17-25-26(30)8-5-9-27(25)31/h4-5,7-9,14-16,18,23H,6,10-13,17H2,1-3H3/b7-4+. The minimum atomic E-state index is -0.679. The summed E-state index contributed by atoms with van der Waals surface area (Å²) in [6.07, 6.45) is 8.17. The van der Waals surface area contributed by atoms with Crippen LogP contribution in [0, 0.1) is 32.4 Å². The number of hydrogen-bond acceptors (Lipinski definition) is 3. The van der Waals surface area contributed by atoms with Gasteiger partial charge >= 0.3 is 0 Å². The van der Waals surface area contributed by atoms with E-state index in [4.69, 9.17) is 4.98 Å². The third-order valence-corrected chi connectivity index (χ3v) is 6.52. The van der Waals surface area contributed by atoms with Gasteiger partial charge in [0.25, 0.3) is 0 Å². The van der Waals surface area contributed by atoms with Crippen LogP contribution in [0.4, 0.5) is 8.78 Å². The smallest absolute Gasteiger partial charge is 0.227 e. The molecule has 0 bridgehead atoms. The molecule has 1 aliphatic heterocycles. The van der Waals surface area contributed by atoms with E-state index in [1.165, 1.54) is 34.9 Å². The Morgan fingerprint density at radius 1 is 1.06 bits per heavy atom. The molecule has 0 spiro atoms. The zero-order valence-electron chi connectivity index (χ0n) is 20.5. The number of nitrogens with zero attached hydrogens (tertiary/aromatic N) is 3. The van der Waals surface area contributed by atoms with Crippen LogP contribution in [-0.2, 0) is 17.6 Å². The number of aromatic nitrogens is 2. The predicted molar refractivity (Wildman–Crippen MR) is 134 cm³/mol. The summed E-state index contributed by atoms with van der Waals surface area (Å²) in [5, 5.41) is 0. The van der Waals surface area contributed by atoms with Crippen molar-refractivity contribution in [3.8, 4) is 0 Å². The molecule has 0 aliphatic carbocycles. The quantitative estimate of drug-likeness (QED) is 0.447. The third-order valence-electron chi connectivity index (χ3n) is 6.52. The highest BCUT2D eigenvalue weighted by molar-refractivity contribution is 5.79. The Morgan fingerprint density at radius 3 is 2.37 bits per heavy atom. The minimum absolute atomic E-state index is 0.165. The topological polar surface area (TPSA) is 46.1 Å². The number of amides is 1. The Labute approximate surface area is 205 Å². The Morgan fingerprint density at radius 2 is 1.71 bits per heavy atom. The van der Waals surface area contributed by atoms with Gasteiger partial charge in [0.05, 0.1) is 12.1 Å². The summed E-state index contributed by atoms with van der Waals surface area (Å²) < 4.78 is 27.9. The molecule has 4 nitrogen and oxygen atoms in total. The largest absolute Gasteiger partial charge is 0.342 e. The number of benzene rings is 2. The summed E-state index contributed by atoms with van der Waals surface area (Å²) in [5.74, 6) is -0.685. The van der Waals surface area contributed by atoms with E-state index in [1.807, 2.05) is 13.1 Å². The first-order valence-corrected chi connectivity index (χ1v) is 12.1. The van der Waals surface area contributed by atoms with Gasteiger partial charge in [-0.25, -0.2) is 18.7 Å². The van der Waals surface area contributed by atoms with E-state index in [2.05, 4.69) is 49.2 Å². The van der Waals surface area contributed by atoms with Gasteiger partial charge in [0.2, 0.25) is 5.91 Å². The molecule has 182 valence electrons. The number of aryl methyl sites for hydroxylation is 3. The number of hydrogen-bond donors (Lipinski definition) is 0. The summed E-state index contributed by atoms with van der Waals surface area (Å²) in [4.78, 5) is 23.6. The monoisotopic (exact) mass is 475 g/mol. The van der Waals surface area contributed by atoms with E-state index in [1.54, 1.807) is 4.90 Å². The molecule has 6 heteroatoms. The number of piperidine rings is 1. The second-order valence-corrected chi connectivity index (χ2v) is 9.39. The number of likely N-dealkylation sites (tertiary alicyclic amines) is 1. The Kier molecular flexibility index (Phi) is 7.69. The first-order chi connectivity index (χ1) is 16.8. The van der Waals surface area contributed by atoms with Gasteiger partial charge in [-0.05, 0) is 57.7 Å². The van der Waals surface area contributed by atoms with Crippen LogP contribution in [0.25, 0.3) is 6.08 Å². The number of carbonyl (C=O) groups excluding carboxylic acids is 1. The molecule has 1 saturated heterocycles. The van der Waals surface area contributed by atoms with Gasteiger partial charge in [0.1, 0.15) is 17.5 Å². The fourth-order valence-electron chi connectivity index (χ4n) is 4.83. The first-order valence-electron chi connectivity index (χ1n) is 12.1. The van der Waals surface area contributed by atoms with Crippen molar-refractivity contribution in [2.45, 2.75) is 52.4 Å². The highest BCUT2D eigenvalue weighted by Gasteiger charge is 2.27. The molecule has 0 unspecified atom stereocenters. The van der Waals surface area contributed by atoms with Gasteiger partial charge in [0.15, 0.2) is 0 Å². The van der Waals surface area contributed by atoms with Crippen LogP contribution in [0.15, 0.2) is 48.7 Å². The lowest BCUT2D eigenvalue weighted by molar-refractivity contribution is -0.131. The highest BCUT2D eigenvalue weighted by Crippen LogP contribution is 2.30. The van der Waals surface area contributed by atoms with Crippen LogP contribution >= 0.6 is 0 Å². The van der Waals surface area contributed by atoms with E-state index in [0.717, 1.165) is 36.3 Å². The molecular formula is C29H31F2N3O. The van der Waals surface area contributed by atoms with Crippen LogP contribution in [-0.4, -0.2) is 33.9 Å². The van der Waals surface area contributed by atoms with Crippen molar-refractivity contribution < 1.29 is 13.6 Å². The fraction of sp³-hybridized carbons (Fsp3) is 0.345. The van der Waals surface area contributed by atoms with Crippen molar-refractivity contribution in [1.29, 1.82) is 0 Å². The number of carbonyl (C=O) groups is 1. The summed E-state index contributed by atoms with van der Waals surface area (Å²) in [5.41, 5.74) is 5.62.